The number of halogens is 1. The predicted octanol–water partition coefficient (Wildman–Crippen LogP) is 5.20. The Kier molecular flexibility index (Phi) is 7.86. The number of hydrogen-bond acceptors (Lipinski definition) is 3. The Bertz CT molecular complexity index is 901. The van der Waals surface area contributed by atoms with Gasteiger partial charge in [0.25, 0.3) is 0 Å². The molecule has 4 rings (SSSR count). The number of rotatable bonds is 8. The van der Waals surface area contributed by atoms with Crippen molar-refractivity contribution in [3.05, 3.63) is 65.5 Å². The highest BCUT2D eigenvalue weighted by molar-refractivity contribution is 5.74. The Morgan fingerprint density at radius 1 is 1.09 bits per heavy atom. The van der Waals surface area contributed by atoms with Crippen LogP contribution in [0.15, 0.2) is 48.5 Å². The Hall–Kier alpha value is -2.60. The van der Waals surface area contributed by atoms with Gasteiger partial charge in [-0.05, 0) is 73.5 Å². The SMILES string of the molecule is CC(C)COc1ccc(CNC(=O)N(Cc2ccc(F)cc2)[C@H]2CCN3CCC[C@H]3C2)cc1. The third kappa shape index (κ3) is 6.47. The molecule has 2 saturated heterocycles. The summed E-state index contributed by atoms with van der Waals surface area (Å²) in [6, 6.07) is 15.1. The molecule has 2 amide bonds. The number of benzene rings is 2. The Balaban J connectivity index is 1.39. The van der Waals surface area contributed by atoms with Crippen LogP contribution in [0, 0.1) is 11.7 Å². The van der Waals surface area contributed by atoms with E-state index in [1.807, 2.05) is 29.2 Å². The maximum Gasteiger partial charge on any atom is 0.318 e. The van der Waals surface area contributed by atoms with Gasteiger partial charge in [0.15, 0.2) is 0 Å². The zero-order valence-corrected chi connectivity index (χ0v) is 19.8. The molecule has 0 aromatic heterocycles. The predicted molar refractivity (Wildman–Crippen MR) is 129 cm³/mol. The van der Waals surface area contributed by atoms with Crippen LogP contribution in [0.25, 0.3) is 0 Å². The second-order valence-electron chi connectivity index (χ2n) is 9.77. The molecule has 2 aromatic rings. The zero-order chi connectivity index (χ0) is 23.2. The van der Waals surface area contributed by atoms with Crippen molar-refractivity contribution >= 4 is 6.03 Å². The third-order valence-electron chi connectivity index (χ3n) is 6.71. The lowest BCUT2D eigenvalue weighted by Crippen LogP contribution is -2.51. The molecule has 2 aliphatic rings. The number of carbonyl (C=O) groups is 1. The van der Waals surface area contributed by atoms with Crippen molar-refractivity contribution in [2.75, 3.05) is 19.7 Å². The molecule has 0 spiro atoms. The molecule has 2 aliphatic heterocycles. The summed E-state index contributed by atoms with van der Waals surface area (Å²) in [7, 11) is 0. The Labute approximate surface area is 196 Å². The van der Waals surface area contributed by atoms with E-state index < -0.39 is 0 Å². The van der Waals surface area contributed by atoms with Crippen LogP contribution in [0.5, 0.6) is 5.75 Å². The summed E-state index contributed by atoms with van der Waals surface area (Å²) < 4.78 is 19.2. The van der Waals surface area contributed by atoms with Crippen molar-refractivity contribution in [3.63, 3.8) is 0 Å². The van der Waals surface area contributed by atoms with E-state index in [0.717, 1.165) is 36.3 Å². The molecule has 33 heavy (non-hydrogen) atoms. The largest absolute Gasteiger partial charge is 0.493 e. The van der Waals surface area contributed by atoms with Gasteiger partial charge in [0.2, 0.25) is 0 Å². The fourth-order valence-electron chi connectivity index (χ4n) is 4.89. The molecule has 5 nitrogen and oxygen atoms in total. The average molecular weight is 454 g/mol. The lowest BCUT2D eigenvalue weighted by Gasteiger charge is -2.40. The van der Waals surface area contributed by atoms with Crippen LogP contribution >= 0.6 is 0 Å². The first-order valence-electron chi connectivity index (χ1n) is 12.2. The molecule has 6 heteroatoms. The molecule has 0 bridgehead atoms. The molecule has 2 fully saturated rings. The van der Waals surface area contributed by atoms with Crippen molar-refractivity contribution in [3.8, 4) is 5.75 Å². The molecule has 2 atom stereocenters. The van der Waals surface area contributed by atoms with Gasteiger partial charge < -0.3 is 19.9 Å². The first-order chi connectivity index (χ1) is 16.0. The van der Waals surface area contributed by atoms with E-state index >= 15 is 0 Å². The highest BCUT2D eigenvalue weighted by atomic mass is 19.1. The van der Waals surface area contributed by atoms with Crippen LogP contribution < -0.4 is 10.1 Å². The first kappa shape index (κ1) is 23.6. The molecule has 1 N–H and O–H groups in total. The number of nitrogens with one attached hydrogen (secondary N) is 1. The van der Waals surface area contributed by atoms with E-state index in [1.165, 1.54) is 31.5 Å². The van der Waals surface area contributed by atoms with Crippen LogP contribution in [0.4, 0.5) is 9.18 Å². The zero-order valence-electron chi connectivity index (χ0n) is 19.8. The lowest BCUT2D eigenvalue weighted by atomic mass is 9.96. The minimum atomic E-state index is -0.255. The Morgan fingerprint density at radius 3 is 2.55 bits per heavy atom. The van der Waals surface area contributed by atoms with Crippen LogP contribution in [-0.2, 0) is 13.1 Å². The van der Waals surface area contributed by atoms with Crippen LogP contribution in [0.1, 0.15) is 50.7 Å². The van der Waals surface area contributed by atoms with E-state index in [4.69, 9.17) is 4.74 Å². The fraction of sp³-hybridized carbons (Fsp3) is 0.519. The van der Waals surface area contributed by atoms with Gasteiger partial charge in [-0.25, -0.2) is 9.18 Å². The average Bonchev–Trinajstić information content (AvgIpc) is 3.29. The van der Waals surface area contributed by atoms with Crippen LogP contribution in [0.2, 0.25) is 0 Å². The van der Waals surface area contributed by atoms with Crippen molar-refractivity contribution in [1.29, 1.82) is 0 Å². The molecular formula is C27H36FN3O2. The third-order valence-corrected chi connectivity index (χ3v) is 6.71. The van der Waals surface area contributed by atoms with Gasteiger partial charge in [-0.1, -0.05) is 38.1 Å². The molecule has 0 radical (unpaired) electrons. The second-order valence-corrected chi connectivity index (χ2v) is 9.77. The van der Waals surface area contributed by atoms with Gasteiger partial charge >= 0.3 is 6.03 Å². The van der Waals surface area contributed by atoms with E-state index in [0.29, 0.717) is 31.7 Å². The number of hydrogen-bond donors (Lipinski definition) is 1. The molecule has 178 valence electrons. The molecular weight excluding hydrogens is 417 g/mol. The number of piperidine rings is 1. The number of amides is 2. The van der Waals surface area contributed by atoms with E-state index in [9.17, 15) is 9.18 Å². The maximum atomic E-state index is 13.4. The van der Waals surface area contributed by atoms with E-state index in [2.05, 4.69) is 24.1 Å². The first-order valence-corrected chi connectivity index (χ1v) is 12.2. The minimum absolute atomic E-state index is 0.0593. The number of carbonyl (C=O) groups excluding carboxylic acids is 1. The summed E-state index contributed by atoms with van der Waals surface area (Å²) in [5.41, 5.74) is 1.99. The van der Waals surface area contributed by atoms with Crippen molar-refractivity contribution in [1.82, 2.24) is 15.1 Å². The van der Waals surface area contributed by atoms with Crippen molar-refractivity contribution in [2.45, 2.75) is 64.7 Å². The van der Waals surface area contributed by atoms with Gasteiger partial charge in [0.1, 0.15) is 11.6 Å². The van der Waals surface area contributed by atoms with Gasteiger partial charge in [-0.15, -0.1) is 0 Å². The van der Waals surface area contributed by atoms with Gasteiger partial charge in [0.05, 0.1) is 6.61 Å². The highest BCUT2D eigenvalue weighted by Gasteiger charge is 2.35. The standard InChI is InChI=1S/C27H36FN3O2/c1-20(2)19-33-26-11-7-21(8-12-26)17-29-27(32)31(18-22-5-9-23(28)10-6-22)25-13-15-30-14-3-4-24(30)16-25/h5-12,20,24-25H,3-4,13-19H2,1-2H3,(H,29,32)/t24-,25-/m0/s1. The van der Waals surface area contributed by atoms with Gasteiger partial charge in [0, 0.05) is 31.7 Å². The maximum absolute atomic E-state index is 13.4. The second kappa shape index (κ2) is 11.0. The van der Waals surface area contributed by atoms with Crippen molar-refractivity contribution < 1.29 is 13.9 Å². The van der Waals surface area contributed by atoms with Gasteiger partial charge in [-0.3, -0.25) is 0 Å². The van der Waals surface area contributed by atoms with Crippen LogP contribution in [0.3, 0.4) is 0 Å². The summed E-state index contributed by atoms with van der Waals surface area (Å²) in [5, 5.41) is 3.12. The molecule has 2 heterocycles. The molecule has 0 aliphatic carbocycles. The summed E-state index contributed by atoms with van der Waals surface area (Å²) >= 11 is 0. The molecule has 0 unspecified atom stereocenters. The number of urea groups is 1. The van der Waals surface area contributed by atoms with E-state index in [1.54, 1.807) is 12.1 Å². The van der Waals surface area contributed by atoms with Crippen molar-refractivity contribution in [2.24, 2.45) is 5.92 Å². The number of fused-ring (bicyclic) bond motifs is 1. The number of ether oxygens (including phenoxy) is 1. The topological polar surface area (TPSA) is 44.8 Å². The summed E-state index contributed by atoms with van der Waals surface area (Å²) in [6.07, 6.45) is 4.45. The summed E-state index contributed by atoms with van der Waals surface area (Å²) in [5.74, 6) is 1.07. The quantitative estimate of drug-likeness (QED) is 0.598. The lowest BCUT2D eigenvalue weighted by molar-refractivity contribution is 0.0979. The minimum Gasteiger partial charge on any atom is -0.493 e. The monoisotopic (exact) mass is 453 g/mol. The van der Waals surface area contributed by atoms with E-state index in [-0.39, 0.29) is 17.9 Å². The fourth-order valence-corrected chi connectivity index (χ4v) is 4.89. The van der Waals surface area contributed by atoms with Crippen LogP contribution in [-0.4, -0.2) is 47.6 Å². The highest BCUT2D eigenvalue weighted by Crippen LogP contribution is 2.30. The molecule has 2 aromatic carbocycles. The Morgan fingerprint density at radius 2 is 1.82 bits per heavy atom. The molecule has 0 saturated carbocycles. The smallest absolute Gasteiger partial charge is 0.318 e. The summed E-state index contributed by atoms with van der Waals surface area (Å²) in [6.45, 7) is 8.11. The van der Waals surface area contributed by atoms with Gasteiger partial charge in [-0.2, -0.15) is 0 Å². The summed E-state index contributed by atoms with van der Waals surface area (Å²) in [4.78, 5) is 17.9. The normalized spacial score (nSPS) is 20.5. The number of nitrogens with zero attached hydrogens (tertiary/aromatic N) is 2.